The summed E-state index contributed by atoms with van der Waals surface area (Å²) in [4.78, 5) is 8.33. The molecule has 5 fully saturated rings. The average Bonchev–Trinajstić information content (AvgIpc) is 2.48. The highest BCUT2D eigenvalue weighted by Gasteiger charge is 2.40. The predicted molar refractivity (Wildman–Crippen MR) is 73.7 cm³/mol. The minimum absolute atomic E-state index is 0.885. The molecule has 0 aromatic rings. The van der Waals surface area contributed by atoms with E-state index in [0.717, 1.165) is 18.0 Å². The van der Waals surface area contributed by atoms with Gasteiger partial charge in [0.15, 0.2) is 0 Å². The third kappa shape index (κ3) is 2.00. The highest BCUT2D eigenvalue weighted by molar-refractivity contribution is 4.96. The topological polar surface area (TPSA) is 9.72 Å². The van der Waals surface area contributed by atoms with Gasteiger partial charge in [-0.1, -0.05) is 6.42 Å². The third-order valence-corrected chi connectivity index (χ3v) is 5.95. The normalized spacial score (nSPS) is 49.0. The zero-order valence-corrected chi connectivity index (χ0v) is 11.6. The maximum atomic E-state index is 2.83. The number of nitrogens with zero attached hydrogens (tertiary/aromatic N) is 3. The number of hydrogen-bond acceptors (Lipinski definition) is 3. The number of fused-ring (bicyclic) bond motifs is 4. The number of piperidine rings is 2. The van der Waals surface area contributed by atoms with Crippen LogP contribution in [0.5, 0.6) is 0 Å². The Kier molecular flexibility index (Phi) is 3.10. The molecule has 3 nitrogen and oxygen atoms in total. The first-order chi connectivity index (χ1) is 8.90. The number of rotatable bonds is 1. The SMILES string of the molecule is C1CCN2CC(C3CN4CCN3CC4)CCC2C1. The summed E-state index contributed by atoms with van der Waals surface area (Å²) < 4.78 is 0. The molecule has 3 atom stereocenters. The lowest BCUT2D eigenvalue weighted by Gasteiger charge is -2.53. The van der Waals surface area contributed by atoms with Gasteiger partial charge in [0.2, 0.25) is 0 Å². The largest absolute Gasteiger partial charge is 0.300 e. The van der Waals surface area contributed by atoms with E-state index in [0.29, 0.717) is 0 Å². The summed E-state index contributed by atoms with van der Waals surface area (Å²) >= 11 is 0. The summed E-state index contributed by atoms with van der Waals surface area (Å²) in [6, 6.07) is 1.83. The van der Waals surface area contributed by atoms with Gasteiger partial charge >= 0.3 is 0 Å². The maximum absolute atomic E-state index is 2.83. The Hall–Kier alpha value is -0.120. The van der Waals surface area contributed by atoms with Crippen LogP contribution in [0, 0.1) is 5.92 Å². The van der Waals surface area contributed by atoms with Crippen molar-refractivity contribution in [3.05, 3.63) is 0 Å². The molecule has 0 spiro atoms. The summed E-state index contributed by atoms with van der Waals surface area (Å²) in [5, 5.41) is 0. The monoisotopic (exact) mass is 249 g/mol. The Labute approximate surface area is 111 Å². The van der Waals surface area contributed by atoms with Crippen LogP contribution in [0.1, 0.15) is 32.1 Å². The molecule has 5 rings (SSSR count). The van der Waals surface area contributed by atoms with Crippen LogP contribution in [-0.4, -0.2) is 72.6 Å². The van der Waals surface area contributed by atoms with Crippen molar-refractivity contribution in [2.24, 2.45) is 5.92 Å². The van der Waals surface area contributed by atoms with Crippen LogP contribution in [0.2, 0.25) is 0 Å². The molecule has 5 heterocycles. The summed E-state index contributed by atoms with van der Waals surface area (Å²) in [6.07, 6.45) is 7.39. The van der Waals surface area contributed by atoms with Crippen molar-refractivity contribution < 1.29 is 0 Å². The first kappa shape index (κ1) is 11.7. The van der Waals surface area contributed by atoms with Crippen molar-refractivity contribution in [2.45, 2.75) is 44.2 Å². The maximum Gasteiger partial charge on any atom is 0.0264 e. The van der Waals surface area contributed by atoms with Crippen molar-refractivity contribution in [3.63, 3.8) is 0 Å². The number of piperazine rings is 3. The van der Waals surface area contributed by atoms with Crippen LogP contribution in [0.15, 0.2) is 0 Å². The second-order valence-electron chi connectivity index (χ2n) is 6.89. The van der Waals surface area contributed by atoms with E-state index in [2.05, 4.69) is 14.7 Å². The van der Waals surface area contributed by atoms with E-state index in [4.69, 9.17) is 0 Å². The molecule has 5 saturated heterocycles. The fraction of sp³-hybridized carbons (Fsp3) is 1.00. The highest BCUT2D eigenvalue weighted by atomic mass is 15.3. The fourth-order valence-corrected chi connectivity index (χ4v) is 4.85. The van der Waals surface area contributed by atoms with Gasteiger partial charge in [-0.25, -0.2) is 0 Å². The van der Waals surface area contributed by atoms with Crippen LogP contribution in [0.4, 0.5) is 0 Å². The molecule has 0 aliphatic carbocycles. The molecule has 18 heavy (non-hydrogen) atoms. The van der Waals surface area contributed by atoms with E-state index in [-0.39, 0.29) is 0 Å². The van der Waals surface area contributed by atoms with Crippen molar-refractivity contribution in [3.8, 4) is 0 Å². The molecule has 3 heteroatoms. The van der Waals surface area contributed by atoms with Gasteiger partial charge in [0, 0.05) is 51.4 Å². The Bertz CT molecular complexity index is 298. The molecular formula is C15H27N3. The fourth-order valence-electron chi connectivity index (χ4n) is 4.85. The standard InChI is InChI=1S/C15H27N3/c1-2-6-18-11-13(4-5-14(18)3-1)15-12-16-7-9-17(15)10-8-16/h13-15H,1-12H2. The molecule has 2 bridgehead atoms. The molecule has 3 unspecified atom stereocenters. The third-order valence-electron chi connectivity index (χ3n) is 5.95. The highest BCUT2D eigenvalue weighted by Crippen LogP contribution is 2.33. The minimum atomic E-state index is 0.885. The second kappa shape index (κ2) is 4.77. The Morgan fingerprint density at radius 1 is 0.667 bits per heavy atom. The van der Waals surface area contributed by atoms with Crippen LogP contribution in [0.25, 0.3) is 0 Å². The van der Waals surface area contributed by atoms with Gasteiger partial charge in [0.1, 0.15) is 0 Å². The van der Waals surface area contributed by atoms with Crippen LogP contribution >= 0.6 is 0 Å². The van der Waals surface area contributed by atoms with E-state index >= 15 is 0 Å². The van der Waals surface area contributed by atoms with E-state index in [1.54, 1.807) is 0 Å². The Balaban J connectivity index is 1.43. The molecule has 0 aromatic heterocycles. The molecule has 0 saturated carbocycles. The lowest BCUT2D eigenvalue weighted by Crippen LogP contribution is -2.65. The first-order valence-corrected chi connectivity index (χ1v) is 8.10. The summed E-state index contributed by atoms with van der Waals surface area (Å²) in [5.41, 5.74) is 0. The summed E-state index contributed by atoms with van der Waals surface area (Å²) in [7, 11) is 0. The molecule has 102 valence electrons. The summed E-state index contributed by atoms with van der Waals surface area (Å²) in [5.74, 6) is 0.961. The molecule has 0 radical (unpaired) electrons. The van der Waals surface area contributed by atoms with Crippen molar-refractivity contribution >= 4 is 0 Å². The van der Waals surface area contributed by atoms with Crippen LogP contribution < -0.4 is 0 Å². The Morgan fingerprint density at radius 2 is 1.56 bits per heavy atom. The van der Waals surface area contributed by atoms with E-state index in [1.165, 1.54) is 77.9 Å². The molecule has 5 aliphatic heterocycles. The van der Waals surface area contributed by atoms with Gasteiger partial charge in [-0.15, -0.1) is 0 Å². The molecule has 0 aromatic carbocycles. The van der Waals surface area contributed by atoms with Gasteiger partial charge < -0.3 is 4.90 Å². The zero-order chi connectivity index (χ0) is 11.9. The van der Waals surface area contributed by atoms with Crippen LogP contribution in [-0.2, 0) is 0 Å². The molecule has 0 N–H and O–H groups in total. The lowest BCUT2D eigenvalue weighted by molar-refractivity contribution is -0.0410. The predicted octanol–water partition coefficient (Wildman–Crippen LogP) is 1.25. The molecule has 0 amide bonds. The first-order valence-electron chi connectivity index (χ1n) is 8.10. The molecular weight excluding hydrogens is 222 g/mol. The molecule has 5 aliphatic rings. The van der Waals surface area contributed by atoms with Crippen molar-refractivity contribution in [1.29, 1.82) is 0 Å². The van der Waals surface area contributed by atoms with Gasteiger partial charge in [0.05, 0.1) is 0 Å². The van der Waals surface area contributed by atoms with Gasteiger partial charge in [-0.05, 0) is 38.1 Å². The van der Waals surface area contributed by atoms with Gasteiger partial charge in [0.25, 0.3) is 0 Å². The zero-order valence-electron chi connectivity index (χ0n) is 11.6. The van der Waals surface area contributed by atoms with E-state index in [1.807, 2.05) is 0 Å². The Morgan fingerprint density at radius 3 is 2.33 bits per heavy atom. The van der Waals surface area contributed by atoms with E-state index < -0.39 is 0 Å². The van der Waals surface area contributed by atoms with Gasteiger partial charge in [-0.2, -0.15) is 0 Å². The van der Waals surface area contributed by atoms with Crippen molar-refractivity contribution in [1.82, 2.24) is 14.7 Å². The van der Waals surface area contributed by atoms with Gasteiger partial charge in [-0.3, -0.25) is 9.80 Å². The summed E-state index contributed by atoms with van der Waals surface area (Å²) in [6.45, 7) is 9.49. The lowest BCUT2D eigenvalue weighted by atomic mass is 9.82. The van der Waals surface area contributed by atoms with Crippen LogP contribution in [0.3, 0.4) is 0 Å². The average molecular weight is 249 g/mol. The number of hydrogen-bond donors (Lipinski definition) is 0. The smallest absolute Gasteiger partial charge is 0.0264 e. The van der Waals surface area contributed by atoms with E-state index in [9.17, 15) is 0 Å². The minimum Gasteiger partial charge on any atom is -0.300 e. The van der Waals surface area contributed by atoms with Crippen molar-refractivity contribution in [2.75, 3.05) is 45.8 Å². The second-order valence-corrected chi connectivity index (χ2v) is 6.89. The quantitative estimate of drug-likeness (QED) is 0.692.